The second-order valence-corrected chi connectivity index (χ2v) is 2.19. The molecule has 0 saturated carbocycles. The van der Waals surface area contributed by atoms with Gasteiger partial charge in [-0.25, -0.2) is 0 Å². The summed E-state index contributed by atoms with van der Waals surface area (Å²) in [5.74, 6) is 0. The lowest BCUT2D eigenvalue weighted by molar-refractivity contribution is 1.20. The Kier molecular flexibility index (Phi) is 0.587. The molecule has 0 spiro atoms. The molecule has 0 aromatic heterocycles. The lowest BCUT2D eigenvalue weighted by atomic mass is 10.4. The molecule has 0 fully saturated rings. The largest absolute Gasteiger partial charge is 0.0612 e. The summed E-state index contributed by atoms with van der Waals surface area (Å²) in [6.07, 6.45) is 1.21. The molecule has 40 valence electrons. The van der Waals surface area contributed by atoms with Crippen LogP contribution < -0.4 is 0 Å². The van der Waals surface area contributed by atoms with Crippen molar-refractivity contribution in [2.45, 2.75) is 13.3 Å². The predicted molar refractivity (Wildman–Crippen MR) is 34.8 cm³/mol. The third-order valence-corrected chi connectivity index (χ3v) is 1.76. The maximum absolute atomic E-state index is 2.20. The highest BCUT2D eigenvalue weighted by molar-refractivity contribution is 5.89. The van der Waals surface area contributed by atoms with Gasteiger partial charge in [0.25, 0.3) is 0 Å². The average Bonchev–Trinajstić information content (AvgIpc) is 2.22. The molecule has 2 aliphatic rings. The van der Waals surface area contributed by atoms with E-state index >= 15 is 0 Å². The topological polar surface area (TPSA) is 0 Å². The second-order valence-electron chi connectivity index (χ2n) is 2.19. The molecule has 0 aliphatic heterocycles. The maximum atomic E-state index is 2.20. The highest BCUT2D eigenvalue weighted by Crippen LogP contribution is 2.42. The molecule has 0 heteroatoms. The number of fused-ring (bicyclic) bond motifs is 1. The van der Waals surface area contributed by atoms with Gasteiger partial charge in [-0.3, -0.25) is 0 Å². The first-order valence-electron chi connectivity index (χ1n) is 3.05. The van der Waals surface area contributed by atoms with E-state index in [4.69, 9.17) is 0 Å². The van der Waals surface area contributed by atoms with Crippen LogP contribution in [0, 0.1) is 0 Å². The second kappa shape index (κ2) is 1.13. The Hall–Kier alpha value is -0.780. The molecule has 0 atom stereocenters. The van der Waals surface area contributed by atoms with E-state index in [-0.39, 0.29) is 0 Å². The average molecular weight is 104 g/mol. The van der Waals surface area contributed by atoms with Gasteiger partial charge >= 0.3 is 0 Å². The molecule has 0 amide bonds. The monoisotopic (exact) mass is 104 g/mol. The molecule has 0 N–H and O–H groups in total. The molecule has 0 saturated heterocycles. The zero-order valence-corrected chi connectivity index (χ0v) is 4.94. The molecule has 0 aromatic rings. The van der Waals surface area contributed by atoms with Gasteiger partial charge in [-0.05, 0) is 23.1 Å². The molecule has 0 heterocycles. The van der Waals surface area contributed by atoms with Crippen LogP contribution in [-0.2, 0) is 6.42 Å². The van der Waals surface area contributed by atoms with E-state index in [1.54, 1.807) is 5.56 Å². The van der Waals surface area contributed by atoms with Crippen molar-refractivity contribution in [3.05, 3.63) is 23.8 Å². The maximum Gasteiger partial charge on any atom is -0.0143 e. The Morgan fingerprint density at radius 1 is 1.25 bits per heavy atom. The van der Waals surface area contributed by atoms with Crippen LogP contribution in [0.25, 0.3) is 11.1 Å². The van der Waals surface area contributed by atoms with E-state index in [9.17, 15) is 0 Å². The number of rotatable bonds is 1. The van der Waals surface area contributed by atoms with Crippen molar-refractivity contribution < 1.29 is 0 Å². The molecule has 0 radical (unpaired) electrons. The third kappa shape index (κ3) is 0.313. The smallest absolute Gasteiger partial charge is 0.0143 e. The molecule has 0 aromatic carbocycles. The van der Waals surface area contributed by atoms with E-state index in [0.29, 0.717) is 0 Å². The fourth-order valence-electron chi connectivity index (χ4n) is 1.26. The van der Waals surface area contributed by atoms with Crippen LogP contribution in [0.15, 0.2) is 18.2 Å². The Morgan fingerprint density at radius 3 is 2.25 bits per heavy atom. The third-order valence-electron chi connectivity index (χ3n) is 1.76. The van der Waals surface area contributed by atoms with Crippen molar-refractivity contribution in [1.82, 2.24) is 0 Å². The summed E-state index contributed by atoms with van der Waals surface area (Å²) < 4.78 is 0. The number of aryl methyl sites for hydroxylation is 1. The van der Waals surface area contributed by atoms with Crippen molar-refractivity contribution >= 4 is 0 Å². The molecule has 2 aliphatic carbocycles. The SMILES string of the molecule is CCc1c2cccc1-2. The first-order valence-corrected chi connectivity index (χ1v) is 3.05. The fraction of sp³-hybridized carbons (Fsp3) is 0.250. The molecule has 2 rings (SSSR count). The number of hydrogen-bond acceptors (Lipinski definition) is 0. The van der Waals surface area contributed by atoms with Crippen LogP contribution in [0.2, 0.25) is 0 Å². The van der Waals surface area contributed by atoms with Crippen molar-refractivity contribution in [2.24, 2.45) is 0 Å². The minimum Gasteiger partial charge on any atom is -0.0612 e. The Labute approximate surface area is 49.2 Å². The fourth-order valence-corrected chi connectivity index (χ4v) is 1.26. The quantitative estimate of drug-likeness (QED) is 0.520. The minimum absolute atomic E-state index is 1.21. The summed E-state index contributed by atoms with van der Waals surface area (Å²) >= 11 is 0. The van der Waals surface area contributed by atoms with Gasteiger partial charge in [0.2, 0.25) is 0 Å². The molecule has 0 bridgehead atoms. The lowest BCUT2D eigenvalue weighted by Crippen LogP contribution is -1.56. The zero-order chi connectivity index (χ0) is 5.56. The molecule has 8 heavy (non-hydrogen) atoms. The Balaban J connectivity index is 2.49. The van der Waals surface area contributed by atoms with E-state index < -0.39 is 0 Å². The molecule has 0 unspecified atom stereocenters. The molecular formula is C8H8. The first-order chi connectivity index (χ1) is 3.93. The van der Waals surface area contributed by atoms with Gasteiger partial charge in [0.15, 0.2) is 0 Å². The van der Waals surface area contributed by atoms with Gasteiger partial charge in [0, 0.05) is 0 Å². The normalized spacial score (nSPS) is 11.6. The van der Waals surface area contributed by atoms with Crippen LogP contribution in [0.5, 0.6) is 0 Å². The van der Waals surface area contributed by atoms with Gasteiger partial charge < -0.3 is 0 Å². The summed E-state index contributed by atoms with van der Waals surface area (Å²) in [4.78, 5) is 0. The van der Waals surface area contributed by atoms with Crippen molar-refractivity contribution in [2.75, 3.05) is 0 Å². The summed E-state index contributed by atoms with van der Waals surface area (Å²) in [6, 6.07) is 6.49. The van der Waals surface area contributed by atoms with Gasteiger partial charge in [-0.15, -0.1) is 0 Å². The number of hydrogen-bond donors (Lipinski definition) is 0. The van der Waals surface area contributed by atoms with Gasteiger partial charge in [-0.2, -0.15) is 0 Å². The van der Waals surface area contributed by atoms with Crippen LogP contribution in [-0.4, -0.2) is 0 Å². The van der Waals surface area contributed by atoms with Gasteiger partial charge in [0.1, 0.15) is 0 Å². The lowest BCUT2D eigenvalue weighted by Gasteiger charge is -1.69. The van der Waals surface area contributed by atoms with Crippen LogP contribution in [0.3, 0.4) is 0 Å². The molecular weight excluding hydrogens is 96.1 g/mol. The van der Waals surface area contributed by atoms with Gasteiger partial charge in [0.05, 0.1) is 0 Å². The van der Waals surface area contributed by atoms with E-state index in [0.717, 1.165) is 0 Å². The standard InChI is InChI=1S/C8H8/c1-2-6-7-4-3-5-8(6)7/h3-5H,2H2,1H3. The Bertz CT molecular complexity index is 203. The van der Waals surface area contributed by atoms with E-state index in [1.807, 2.05) is 0 Å². The van der Waals surface area contributed by atoms with Crippen molar-refractivity contribution in [3.8, 4) is 11.1 Å². The van der Waals surface area contributed by atoms with E-state index in [1.165, 1.54) is 17.5 Å². The highest BCUT2D eigenvalue weighted by atomic mass is 14.2. The van der Waals surface area contributed by atoms with Crippen LogP contribution >= 0.6 is 0 Å². The van der Waals surface area contributed by atoms with Crippen LogP contribution in [0.1, 0.15) is 12.5 Å². The minimum atomic E-state index is 1.21. The summed E-state index contributed by atoms with van der Waals surface area (Å²) in [7, 11) is 0. The van der Waals surface area contributed by atoms with Crippen LogP contribution in [0.4, 0.5) is 0 Å². The van der Waals surface area contributed by atoms with E-state index in [2.05, 4.69) is 25.1 Å². The summed E-state index contributed by atoms with van der Waals surface area (Å²) in [5.41, 5.74) is 4.59. The van der Waals surface area contributed by atoms with Gasteiger partial charge in [-0.1, -0.05) is 25.1 Å². The summed E-state index contributed by atoms with van der Waals surface area (Å²) in [5, 5.41) is 0. The first kappa shape index (κ1) is 4.13. The highest BCUT2D eigenvalue weighted by Gasteiger charge is 2.19. The summed E-state index contributed by atoms with van der Waals surface area (Å²) in [6.45, 7) is 2.20. The zero-order valence-electron chi connectivity index (χ0n) is 4.94. The predicted octanol–water partition coefficient (Wildman–Crippen LogP) is 2.23. The Morgan fingerprint density at radius 2 is 1.88 bits per heavy atom. The van der Waals surface area contributed by atoms with Crippen molar-refractivity contribution in [3.63, 3.8) is 0 Å². The van der Waals surface area contributed by atoms with Crippen molar-refractivity contribution in [1.29, 1.82) is 0 Å². The molecule has 0 nitrogen and oxygen atoms in total. The number of benzene rings is 1.